The lowest BCUT2D eigenvalue weighted by atomic mass is 9.47. The maximum absolute atomic E-state index is 6.14. The van der Waals surface area contributed by atoms with Crippen molar-refractivity contribution in [1.82, 2.24) is 0 Å². The number of ether oxygens (including phenoxy) is 1. The van der Waals surface area contributed by atoms with E-state index in [2.05, 4.69) is 6.92 Å². The molecular formula is C10H17ClO. The van der Waals surface area contributed by atoms with E-state index in [0.717, 1.165) is 5.92 Å². The summed E-state index contributed by atoms with van der Waals surface area (Å²) in [5.41, 5.74) is 0.496. The van der Waals surface area contributed by atoms with Crippen molar-refractivity contribution in [2.75, 3.05) is 7.11 Å². The maximum atomic E-state index is 6.14. The molecule has 0 bridgehead atoms. The van der Waals surface area contributed by atoms with Gasteiger partial charge in [-0.1, -0.05) is 6.42 Å². The van der Waals surface area contributed by atoms with Crippen LogP contribution < -0.4 is 0 Å². The number of hydrogen-bond donors (Lipinski definition) is 0. The largest absolute Gasteiger partial charge is 0.381 e. The van der Waals surface area contributed by atoms with Crippen LogP contribution in [0.25, 0.3) is 0 Å². The fourth-order valence-electron chi connectivity index (χ4n) is 3.03. The van der Waals surface area contributed by atoms with E-state index in [0.29, 0.717) is 16.9 Å². The van der Waals surface area contributed by atoms with Crippen LogP contribution in [-0.4, -0.2) is 18.6 Å². The Kier molecular flexibility index (Phi) is 2.12. The van der Waals surface area contributed by atoms with Crippen molar-refractivity contribution in [1.29, 1.82) is 0 Å². The highest BCUT2D eigenvalue weighted by Crippen LogP contribution is 2.62. The van der Waals surface area contributed by atoms with Crippen molar-refractivity contribution in [3.8, 4) is 0 Å². The highest BCUT2D eigenvalue weighted by molar-refractivity contribution is 6.20. The van der Waals surface area contributed by atoms with E-state index < -0.39 is 0 Å². The molecule has 2 saturated carbocycles. The summed E-state index contributed by atoms with van der Waals surface area (Å²) in [6.45, 7) is 2.12. The summed E-state index contributed by atoms with van der Waals surface area (Å²) < 4.78 is 5.47. The number of halogens is 1. The van der Waals surface area contributed by atoms with Crippen LogP contribution in [-0.2, 0) is 4.74 Å². The lowest BCUT2D eigenvalue weighted by molar-refractivity contribution is -0.183. The number of methoxy groups -OCH3 is 1. The fourth-order valence-corrected chi connectivity index (χ4v) is 3.39. The third-order valence-corrected chi connectivity index (χ3v) is 4.28. The number of alkyl halides is 1. The van der Waals surface area contributed by atoms with Gasteiger partial charge in [0.05, 0.1) is 6.10 Å². The van der Waals surface area contributed by atoms with E-state index in [-0.39, 0.29) is 0 Å². The molecule has 1 spiro atoms. The van der Waals surface area contributed by atoms with Gasteiger partial charge in [0, 0.05) is 17.9 Å². The molecule has 0 N–H and O–H groups in total. The summed E-state index contributed by atoms with van der Waals surface area (Å²) in [7, 11) is 1.83. The Morgan fingerprint density at radius 2 is 2.17 bits per heavy atom. The third-order valence-electron chi connectivity index (χ3n) is 3.97. The topological polar surface area (TPSA) is 9.23 Å². The van der Waals surface area contributed by atoms with Gasteiger partial charge in [-0.25, -0.2) is 0 Å². The van der Waals surface area contributed by atoms with Crippen LogP contribution in [0.1, 0.15) is 32.6 Å². The first-order valence-electron chi connectivity index (χ1n) is 4.87. The molecule has 0 aromatic rings. The average Bonchev–Trinajstić information content (AvgIpc) is 1.81. The van der Waals surface area contributed by atoms with E-state index >= 15 is 0 Å². The van der Waals surface area contributed by atoms with Crippen molar-refractivity contribution in [3.05, 3.63) is 0 Å². The zero-order chi connectivity index (χ0) is 8.77. The molecule has 2 fully saturated rings. The second-order valence-electron chi connectivity index (χ2n) is 4.33. The van der Waals surface area contributed by atoms with Gasteiger partial charge in [-0.05, 0) is 32.1 Å². The van der Waals surface area contributed by atoms with E-state index in [1.165, 1.54) is 25.7 Å². The molecule has 3 unspecified atom stereocenters. The summed E-state index contributed by atoms with van der Waals surface area (Å²) in [4.78, 5) is 0. The van der Waals surface area contributed by atoms with Gasteiger partial charge < -0.3 is 4.74 Å². The summed E-state index contributed by atoms with van der Waals surface area (Å²) >= 11 is 6.14. The molecule has 2 aliphatic rings. The van der Waals surface area contributed by atoms with Gasteiger partial charge in [-0.3, -0.25) is 0 Å². The predicted molar refractivity (Wildman–Crippen MR) is 50.5 cm³/mol. The van der Waals surface area contributed by atoms with Crippen molar-refractivity contribution >= 4 is 11.6 Å². The minimum atomic E-state index is 0.330. The third kappa shape index (κ3) is 0.958. The highest BCUT2D eigenvalue weighted by atomic mass is 35.5. The molecule has 2 rings (SSSR count). The molecule has 0 saturated heterocycles. The molecule has 0 heterocycles. The Labute approximate surface area is 79.4 Å². The Hall–Kier alpha value is 0.250. The lowest BCUT2D eigenvalue weighted by Crippen LogP contribution is -2.60. The quantitative estimate of drug-likeness (QED) is 0.606. The lowest BCUT2D eigenvalue weighted by Gasteiger charge is -2.62. The van der Waals surface area contributed by atoms with Crippen molar-refractivity contribution < 1.29 is 4.74 Å². The Balaban J connectivity index is 2.03. The standard InChI is InChI=1S/C10H17ClO/c1-7(11)8-6-9(12-2)10(8)4-3-5-10/h7-9H,3-6H2,1-2H3. The van der Waals surface area contributed by atoms with Gasteiger partial charge in [0.25, 0.3) is 0 Å². The van der Waals surface area contributed by atoms with Crippen LogP contribution in [0, 0.1) is 11.3 Å². The number of rotatable bonds is 2. The first kappa shape index (κ1) is 8.83. The average molecular weight is 189 g/mol. The van der Waals surface area contributed by atoms with Crippen molar-refractivity contribution in [3.63, 3.8) is 0 Å². The van der Waals surface area contributed by atoms with Gasteiger partial charge >= 0.3 is 0 Å². The molecule has 12 heavy (non-hydrogen) atoms. The smallest absolute Gasteiger partial charge is 0.0634 e. The molecule has 0 amide bonds. The van der Waals surface area contributed by atoms with Crippen molar-refractivity contribution in [2.45, 2.75) is 44.1 Å². The summed E-state index contributed by atoms with van der Waals surface area (Å²) in [5, 5.41) is 0.330. The summed E-state index contributed by atoms with van der Waals surface area (Å²) in [6, 6.07) is 0. The first-order chi connectivity index (χ1) is 5.70. The molecule has 2 aliphatic carbocycles. The molecule has 70 valence electrons. The monoisotopic (exact) mass is 188 g/mol. The summed E-state index contributed by atoms with van der Waals surface area (Å²) in [5.74, 6) is 0.720. The molecule has 0 aliphatic heterocycles. The minimum absolute atomic E-state index is 0.330. The molecule has 0 aromatic carbocycles. The van der Waals surface area contributed by atoms with Crippen molar-refractivity contribution in [2.24, 2.45) is 11.3 Å². The van der Waals surface area contributed by atoms with Gasteiger partial charge in [0.1, 0.15) is 0 Å². The van der Waals surface area contributed by atoms with Gasteiger partial charge in [0.2, 0.25) is 0 Å². The van der Waals surface area contributed by atoms with Crippen LogP contribution in [0.5, 0.6) is 0 Å². The Bertz CT molecular complexity index is 175. The molecule has 1 nitrogen and oxygen atoms in total. The van der Waals surface area contributed by atoms with E-state index in [1.807, 2.05) is 7.11 Å². The minimum Gasteiger partial charge on any atom is -0.381 e. The van der Waals surface area contributed by atoms with Crippen LogP contribution in [0.3, 0.4) is 0 Å². The van der Waals surface area contributed by atoms with Crippen LogP contribution in [0.2, 0.25) is 0 Å². The molecule has 0 aromatic heterocycles. The molecule has 3 atom stereocenters. The van der Waals surface area contributed by atoms with Crippen LogP contribution in [0.4, 0.5) is 0 Å². The zero-order valence-corrected chi connectivity index (χ0v) is 8.60. The highest BCUT2D eigenvalue weighted by Gasteiger charge is 2.59. The van der Waals surface area contributed by atoms with E-state index in [4.69, 9.17) is 16.3 Å². The number of hydrogen-bond acceptors (Lipinski definition) is 1. The second-order valence-corrected chi connectivity index (χ2v) is 5.02. The summed E-state index contributed by atoms with van der Waals surface area (Å²) in [6.07, 6.45) is 5.75. The second kappa shape index (κ2) is 2.88. The van der Waals surface area contributed by atoms with E-state index in [1.54, 1.807) is 0 Å². The van der Waals surface area contributed by atoms with Gasteiger partial charge in [0.15, 0.2) is 0 Å². The first-order valence-corrected chi connectivity index (χ1v) is 5.31. The maximum Gasteiger partial charge on any atom is 0.0634 e. The fraction of sp³-hybridized carbons (Fsp3) is 1.00. The molecular weight excluding hydrogens is 172 g/mol. The SMILES string of the molecule is COC1CC(C(C)Cl)C12CCC2. The van der Waals surface area contributed by atoms with E-state index in [9.17, 15) is 0 Å². The van der Waals surface area contributed by atoms with Crippen LogP contribution >= 0.6 is 11.6 Å². The zero-order valence-electron chi connectivity index (χ0n) is 7.85. The van der Waals surface area contributed by atoms with Gasteiger partial charge in [-0.2, -0.15) is 0 Å². The molecule has 2 heteroatoms. The van der Waals surface area contributed by atoms with Gasteiger partial charge in [-0.15, -0.1) is 11.6 Å². The molecule has 0 radical (unpaired) electrons. The van der Waals surface area contributed by atoms with Crippen LogP contribution in [0.15, 0.2) is 0 Å². The Morgan fingerprint density at radius 3 is 2.50 bits per heavy atom. The Morgan fingerprint density at radius 1 is 1.50 bits per heavy atom. The predicted octanol–water partition coefficient (Wildman–Crippen LogP) is 2.82. The normalized spacial score (nSPS) is 40.2.